The third-order valence-electron chi connectivity index (χ3n) is 6.06. The predicted octanol–water partition coefficient (Wildman–Crippen LogP) is 2.74. The lowest BCUT2D eigenvalue weighted by molar-refractivity contribution is -0.129. The molecule has 1 aromatic rings. The van der Waals surface area contributed by atoms with Crippen LogP contribution in [0.3, 0.4) is 0 Å². The van der Waals surface area contributed by atoms with Gasteiger partial charge in [-0.25, -0.2) is 0 Å². The van der Waals surface area contributed by atoms with Gasteiger partial charge in [-0.15, -0.1) is 0 Å². The van der Waals surface area contributed by atoms with Gasteiger partial charge in [-0.1, -0.05) is 18.6 Å². The van der Waals surface area contributed by atoms with E-state index >= 15 is 0 Å². The number of ketones is 1. The highest BCUT2D eigenvalue weighted by Crippen LogP contribution is 2.34. The van der Waals surface area contributed by atoms with E-state index in [0.29, 0.717) is 12.2 Å². The summed E-state index contributed by atoms with van der Waals surface area (Å²) in [6, 6.07) is 8.19. The van der Waals surface area contributed by atoms with Gasteiger partial charge in [-0.3, -0.25) is 14.5 Å². The summed E-state index contributed by atoms with van der Waals surface area (Å²) in [5.74, 6) is 0.563. The van der Waals surface area contributed by atoms with E-state index in [1.54, 1.807) is 0 Å². The standard InChI is InChI=1S/C21H28N2O3/c24-20-6-1-2-11-23(20)17-9-7-16(8-10-17)18-4-3-5-19(21(18)25)22-12-14-26-15-13-22/h7-10,18-19H,1-6,11-15H2. The van der Waals surface area contributed by atoms with Crippen LogP contribution in [0.4, 0.5) is 5.69 Å². The Morgan fingerprint density at radius 2 is 1.65 bits per heavy atom. The van der Waals surface area contributed by atoms with Gasteiger partial charge < -0.3 is 9.64 Å². The zero-order valence-electron chi connectivity index (χ0n) is 15.4. The first kappa shape index (κ1) is 17.7. The normalized spacial score (nSPS) is 28.4. The Bertz CT molecular complexity index is 652. The first-order chi connectivity index (χ1) is 12.7. The second kappa shape index (κ2) is 7.89. The maximum Gasteiger partial charge on any atom is 0.226 e. The minimum Gasteiger partial charge on any atom is -0.379 e. The summed E-state index contributed by atoms with van der Waals surface area (Å²) in [6.45, 7) is 3.98. The molecule has 3 fully saturated rings. The van der Waals surface area contributed by atoms with E-state index in [9.17, 15) is 9.59 Å². The maximum atomic E-state index is 13.1. The van der Waals surface area contributed by atoms with E-state index in [1.807, 2.05) is 17.0 Å². The van der Waals surface area contributed by atoms with E-state index in [1.165, 1.54) is 0 Å². The summed E-state index contributed by atoms with van der Waals surface area (Å²) in [5.41, 5.74) is 2.06. The summed E-state index contributed by atoms with van der Waals surface area (Å²) in [4.78, 5) is 29.4. The van der Waals surface area contributed by atoms with Gasteiger partial charge in [0.05, 0.1) is 19.3 Å². The van der Waals surface area contributed by atoms with Crippen molar-refractivity contribution >= 4 is 17.4 Å². The molecule has 0 aromatic heterocycles. The molecule has 5 heteroatoms. The highest BCUT2D eigenvalue weighted by molar-refractivity contribution is 5.94. The van der Waals surface area contributed by atoms with Gasteiger partial charge in [-0.05, 0) is 43.4 Å². The molecule has 5 nitrogen and oxygen atoms in total. The van der Waals surface area contributed by atoms with Crippen molar-refractivity contribution in [3.05, 3.63) is 29.8 Å². The smallest absolute Gasteiger partial charge is 0.226 e. The van der Waals surface area contributed by atoms with Crippen molar-refractivity contribution in [2.24, 2.45) is 0 Å². The van der Waals surface area contributed by atoms with Crippen LogP contribution in [0.2, 0.25) is 0 Å². The summed E-state index contributed by atoms with van der Waals surface area (Å²) in [7, 11) is 0. The fourth-order valence-corrected chi connectivity index (χ4v) is 4.58. The number of Topliss-reactive ketones (excluding diaryl/α,β-unsaturated/α-hetero) is 1. The van der Waals surface area contributed by atoms with Crippen LogP contribution in [0.5, 0.6) is 0 Å². The Kier molecular flexibility index (Phi) is 5.36. The molecule has 2 heterocycles. The predicted molar refractivity (Wildman–Crippen MR) is 100 cm³/mol. The Balaban J connectivity index is 1.47. The first-order valence-corrected chi connectivity index (χ1v) is 10.00. The van der Waals surface area contributed by atoms with Crippen LogP contribution in [0.15, 0.2) is 24.3 Å². The average Bonchev–Trinajstić information content (AvgIpc) is 2.69. The molecule has 1 aliphatic carbocycles. The number of carbonyl (C=O) groups excluding carboxylic acids is 2. The number of carbonyl (C=O) groups is 2. The van der Waals surface area contributed by atoms with E-state index in [4.69, 9.17) is 4.74 Å². The van der Waals surface area contributed by atoms with E-state index in [2.05, 4.69) is 17.0 Å². The molecule has 0 N–H and O–H groups in total. The monoisotopic (exact) mass is 356 g/mol. The van der Waals surface area contributed by atoms with E-state index in [-0.39, 0.29) is 17.9 Å². The Morgan fingerprint density at radius 3 is 2.38 bits per heavy atom. The maximum absolute atomic E-state index is 13.1. The molecule has 1 saturated carbocycles. The lowest BCUT2D eigenvalue weighted by Gasteiger charge is -2.38. The zero-order chi connectivity index (χ0) is 17.9. The highest BCUT2D eigenvalue weighted by Gasteiger charge is 2.36. The van der Waals surface area contributed by atoms with Gasteiger partial charge >= 0.3 is 0 Å². The molecule has 2 atom stereocenters. The van der Waals surface area contributed by atoms with Crippen LogP contribution < -0.4 is 4.90 Å². The highest BCUT2D eigenvalue weighted by atomic mass is 16.5. The summed E-state index contributed by atoms with van der Waals surface area (Å²) in [6.07, 6.45) is 5.69. The molecular formula is C21H28N2O3. The quantitative estimate of drug-likeness (QED) is 0.836. The van der Waals surface area contributed by atoms with Crippen LogP contribution in [0.1, 0.15) is 50.0 Å². The van der Waals surface area contributed by atoms with Crippen molar-refractivity contribution in [3.8, 4) is 0 Å². The summed E-state index contributed by atoms with van der Waals surface area (Å²) < 4.78 is 5.43. The number of amides is 1. The van der Waals surface area contributed by atoms with Gasteiger partial charge in [0.2, 0.25) is 5.91 Å². The number of morpholine rings is 1. The molecule has 1 amide bonds. The van der Waals surface area contributed by atoms with E-state index < -0.39 is 0 Å². The summed E-state index contributed by atoms with van der Waals surface area (Å²) >= 11 is 0. The summed E-state index contributed by atoms with van der Waals surface area (Å²) in [5, 5.41) is 0. The molecule has 4 rings (SSSR count). The lowest BCUT2D eigenvalue weighted by Crippen LogP contribution is -2.50. The Morgan fingerprint density at radius 1 is 0.885 bits per heavy atom. The fourth-order valence-electron chi connectivity index (χ4n) is 4.58. The van der Waals surface area contributed by atoms with E-state index in [0.717, 1.165) is 76.2 Å². The molecule has 0 bridgehead atoms. The SMILES string of the molecule is O=C1C(c2ccc(N3CCCCC3=O)cc2)CCCC1N1CCOCC1. The molecule has 140 valence electrons. The molecule has 2 aliphatic heterocycles. The topological polar surface area (TPSA) is 49.9 Å². The number of anilines is 1. The van der Waals surface area contributed by atoms with Gasteiger partial charge in [0, 0.05) is 37.7 Å². The number of hydrogen-bond donors (Lipinski definition) is 0. The molecule has 3 aliphatic rings. The minimum atomic E-state index is -0.0114. The second-order valence-corrected chi connectivity index (χ2v) is 7.64. The number of rotatable bonds is 3. The minimum absolute atomic E-state index is 0.0114. The van der Waals surface area contributed by atoms with Crippen molar-refractivity contribution in [2.75, 3.05) is 37.7 Å². The molecule has 2 saturated heterocycles. The molecule has 1 aromatic carbocycles. The number of nitrogens with zero attached hydrogens (tertiary/aromatic N) is 2. The Hall–Kier alpha value is -1.72. The van der Waals surface area contributed by atoms with Crippen molar-refractivity contribution < 1.29 is 14.3 Å². The molecule has 26 heavy (non-hydrogen) atoms. The Labute approximate surface area is 155 Å². The average molecular weight is 356 g/mol. The van der Waals surface area contributed by atoms with Crippen molar-refractivity contribution in [1.82, 2.24) is 4.90 Å². The zero-order valence-corrected chi connectivity index (χ0v) is 15.4. The van der Waals surface area contributed by atoms with Gasteiger partial charge in [0.25, 0.3) is 0 Å². The van der Waals surface area contributed by atoms with Crippen LogP contribution >= 0.6 is 0 Å². The third kappa shape index (κ3) is 3.55. The number of piperidine rings is 1. The second-order valence-electron chi connectivity index (χ2n) is 7.64. The largest absolute Gasteiger partial charge is 0.379 e. The number of ether oxygens (including phenoxy) is 1. The lowest BCUT2D eigenvalue weighted by atomic mass is 9.79. The first-order valence-electron chi connectivity index (χ1n) is 10.00. The molecule has 0 spiro atoms. The molecule has 0 radical (unpaired) electrons. The van der Waals surface area contributed by atoms with Gasteiger partial charge in [0.1, 0.15) is 0 Å². The number of hydrogen-bond acceptors (Lipinski definition) is 4. The van der Waals surface area contributed by atoms with Gasteiger partial charge in [0.15, 0.2) is 5.78 Å². The fraction of sp³-hybridized carbons (Fsp3) is 0.619. The van der Waals surface area contributed by atoms with Crippen LogP contribution in [-0.2, 0) is 14.3 Å². The van der Waals surface area contributed by atoms with Crippen LogP contribution in [0, 0.1) is 0 Å². The van der Waals surface area contributed by atoms with Crippen LogP contribution in [0.25, 0.3) is 0 Å². The number of benzene rings is 1. The van der Waals surface area contributed by atoms with Crippen molar-refractivity contribution in [1.29, 1.82) is 0 Å². The molecular weight excluding hydrogens is 328 g/mol. The van der Waals surface area contributed by atoms with Gasteiger partial charge in [-0.2, -0.15) is 0 Å². The van der Waals surface area contributed by atoms with Crippen LogP contribution in [-0.4, -0.2) is 55.5 Å². The van der Waals surface area contributed by atoms with Crippen molar-refractivity contribution in [2.45, 2.75) is 50.5 Å². The third-order valence-corrected chi connectivity index (χ3v) is 6.06. The molecule has 2 unspecified atom stereocenters. The van der Waals surface area contributed by atoms with Crippen molar-refractivity contribution in [3.63, 3.8) is 0 Å².